The highest BCUT2D eigenvalue weighted by Crippen LogP contribution is 2.59. The van der Waals surface area contributed by atoms with Gasteiger partial charge in [-0.15, -0.1) is 0 Å². The van der Waals surface area contributed by atoms with Crippen LogP contribution in [0.15, 0.2) is 36.5 Å². The van der Waals surface area contributed by atoms with Crippen molar-refractivity contribution in [1.82, 2.24) is 0 Å². The molecule has 0 N–H and O–H groups in total. The van der Waals surface area contributed by atoms with Crippen LogP contribution in [0.4, 0.5) is 0 Å². The van der Waals surface area contributed by atoms with E-state index < -0.39 is 0 Å². The zero-order chi connectivity index (χ0) is 19.9. The van der Waals surface area contributed by atoms with Gasteiger partial charge < -0.3 is 0 Å². The van der Waals surface area contributed by atoms with Gasteiger partial charge in [0.15, 0.2) is 11.7 Å². The SMILES string of the molecule is CCC1(C)c2cc3c(cc2-c2cccc[n+]2C1(C)CC)C1(C)CCC3(C)CC1. The van der Waals surface area contributed by atoms with Gasteiger partial charge in [-0.05, 0) is 78.7 Å². The lowest BCUT2D eigenvalue weighted by molar-refractivity contribution is -0.765. The lowest BCUT2D eigenvalue weighted by atomic mass is 9.51. The van der Waals surface area contributed by atoms with Gasteiger partial charge in [-0.2, -0.15) is 4.57 Å². The fraction of sp³-hybridized carbons (Fsp3) is 0.593. The number of hydrogen-bond acceptors (Lipinski definition) is 0. The molecule has 4 aliphatic rings. The minimum absolute atomic E-state index is 0.0953. The van der Waals surface area contributed by atoms with Gasteiger partial charge in [0.25, 0.3) is 0 Å². The van der Waals surface area contributed by atoms with Gasteiger partial charge in [0.1, 0.15) is 0 Å². The van der Waals surface area contributed by atoms with Crippen molar-refractivity contribution in [2.24, 2.45) is 0 Å². The monoisotopic (exact) mass is 374 g/mol. The molecular weight excluding hydrogens is 338 g/mol. The summed E-state index contributed by atoms with van der Waals surface area (Å²) in [6.45, 7) is 14.8. The largest absolute Gasteiger partial charge is 0.213 e. The van der Waals surface area contributed by atoms with Crippen LogP contribution in [0.25, 0.3) is 11.3 Å². The van der Waals surface area contributed by atoms with Crippen LogP contribution >= 0.6 is 0 Å². The standard InChI is InChI=1S/C27H36N/c1-7-26(5)20-18-22-21(24(3)12-14-25(22,4)15-13-24)17-19(20)23-11-9-10-16-28(23)27(26,6)8-2/h9-11,16-18H,7-8,12-15H2,1-6H3/q+1. The second kappa shape index (κ2) is 5.49. The van der Waals surface area contributed by atoms with Crippen molar-refractivity contribution in [2.45, 2.75) is 102 Å². The zero-order valence-corrected chi connectivity index (χ0v) is 18.7. The summed E-state index contributed by atoms with van der Waals surface area (Å²) in [6, 6.07) is 12.1. The van der Waals surface area contributed by atoms with E-state index in [9.17, 15) is 0 Å². The van der Waals surface area contributed by atoms with Crippen molar-refractivity contribution >= 4 is 0 Å². The van der Waals surface area contributed by atoms with E-state index in [0.717, 1.165) is 6.42 Å². The van der Waals surface area contributed by atoms with E-state index in [1.165, 1.54) is 43.4 Å². The van der Waals surface area contributed by atoms with Gasteiger partial charge in [-0.25, -0.2) is 0 Å². The van der Waals surface area contributed by atoms with E-state index >= 15 is 0 Å². The normalized spacial score (nSPS) is 37.9. The first-order valence-electron chi connectivity index (χ1n) is 11.4. The molecule has 148 valence electrons. The molecule has 0 amide bonds. The summed E-state index contributed by atoms with van der Waals surface area (Å²) in [5.74, 6) is 0. The smallest absolute Gasteiger partial charge is 0.192 e. The zero-order valence-electron chi connectivity index (χ0n) is 18.7. The minimum atomic E-state index is 0.0953. The van der Waals surface area contributed by atoms with Crippen molar-refractivity contribution < 1.29 is 4.57 Å². The highest BCUT2D eigenvalue weighted by atomic mass is 15.1. The third-order valence-corrected chi connectivity index (χ3v) is 9.76. The molecule has 1 fully saturated rings. The average Bonchev–Trinajstić information content (AvgIpc) is 2.73. The van der Waals surface area contributed by atoms with Crippen LogP contribution in [-0.2, 0) is 21.8 Å². The van der Waals surface area contributed by atoms with Crippen LogP contribution < -0.4 is 4.57 Å². The lowest BCUT2D eigenvalue weighted by Crippen LogP contribution is -2.67. The van der Waals surface area contributed by atoms with Gasteiger partial charge in [-0.3, -0.25) is 0 Å². The van der Waals surface area contributed by atoms with Crippen molar-refractivity contribution in [3.8, 4) is 11.3 Å². The van der Waals surface area contributed by atoms with E-state index in [1.54, 1.807) is 16.7 Å². The van der Waals surface area contributed by atoms with Crippen molar-refractivity contribution in [2.75, 3.05) is 0 Å². The Morgan fingerprint density at radius 1 is 0.786 bits per heavy atom. The van der Waals surface area contributed by atoms with E-state index in [0.29, 0.717) is 10.8 Å². The first-order valence-corrected chi connectivity index (χ1v) is 11.4. The average molecular weight is 375 g/mol. The topological polar surface area (TPSA) is 3.88 Å². The highest BCUT2D eigenvalue weighted by Gasteiger charge is 2.57. The Morgan fingerprint density at radius 2 is 1.39 bits per heavy atom. The summed E-state index contributed by atoms with van der Waals surface area (Å²) >= 11 is 0. The predicted molar refractivity (Wildman–Crippen MR) is 117 cm³/mol. The number of fused-ring (bicyclic) bond motifs is 5. The van der Waals surface area contributed by atoms with Gasteiger partial charge in [0.2, 0.25) is 5.69 Å². The Labute approximate surface area is 171 Å². The molecule has 1 aliphatic heterocycles. The predicted octanol–water partition coefficient (Wildman–Crippen LogP) is 6.55. The van der Waals surface area contributed by atoms with Crippen molar-refractivity contribution in [3.05, 3.63) is 53.2 Å². The maximum Gasteiger partial charge on any atom is 0.213 e. The molecule has 1 nitrogen and oxygen atoms in total. The van der Waals surface area contributed by atoms with E-state index in [1.807, 2.05) is 0 Å². The van der Waals surface area contributed by atoms with Crippen LogP contribution in [0.2, 0.25) is 0 Å². The van der Waals surface area contributed by atoms with Gasteiger partial charge >= 0.3 is 0 Å². The van der Waals surface area contributed by atoms with E-state index in [-0.39, 0.29) is 11.0 Å². The fourth-order valence-corrected chi connectivity index (χ4v) is 6.94. The first-order chi connectivity index (χ1) is 13.2. The Balaban J connectivity index is 1.89. The Kier molecular flexibility index (Phi) is 3.61. The molecule has 28 heavy (non-hydrogen) atoms. The molecule has 1 heteroatoms. The lowest BCUT2D eigenvalue weighted by Gasteiger charge is -2.54. The molecule has 2 bridgehead atoms. The molecule has 3 aliphatic carbocycles. The second-order valence-electron chi connectivity index (χ2n) is 10.8. The molecule has 0 radical (unpaired) electrons. The highest BCUT2D eigenvalue weighted by molar-refractivity contribution is 5.69. The van der Waals surface area contributed by atoms with Gasteiger partial charge in [0, 0.05) is 25.5 Å². The number of aromatic nitrogens is 1. The maximum atomic E-state index is 2.68. The third kappa shape index (κ3) is 1.96. The molecule has 2 atom stereocenters. The number of pyridine rings is 1. The molecule has 1 aromatic heterocycles. The maximum absolute atomic E-state index is 2.68. The molecule has 2 aromatic rings. The van der Waals surface area contributed by atoms with Gasteiger partial charge in [-0.1, -0.05) is 33.8 Å². The van der Waals surface area contributed by atoms with E-state index in [2.05, 4.69) is 82.6 Å². The Bertz CT molecular complexity index is 962. The van der Waals surface area contributed by atoms with Crippen molar-refractivity contribution in [3.63, 3.8) is 0 Å². The Morgan fingerprint density at radius 3 is 1.96 bits per heavy atom. The Hall–Kier alpha value is -1.63. The molecule has 6 rings (SSSR count). The van der Waals surface area contributed by atoms with Crippen LogP contribution in [0, 0.1) is 0 Å². The van der Waals surface area contributed by atoms with Crippen molar-refractivity contribution in [1.29, 1.82) is 0 Å². The summed E-state index contributed by atoms with van der Waals surface area (Å²) in [6.07, 6.45) is 10.0. The van der Waals surface area contributed by atoms with Crippen LogP contribution in [-0.4, -0.2) is 0 Å². The molecule has 0 saturated heterocycles. The molecule has 1 aromatic carbocycles. The molecule has 1 saturated carbocycles. The molecule has 2 heterocycles. The van der Waals surface area contributed by atoms with Crippen LogP contribution in [0.1, 0.15) is 96.8 Å². The van der Waals surface area contributed by atoms with E-state index in [4.69, 9.17) is 0 Å². The van der Waals surface area contributed by atoms with Crippen LogP contribution in [0.3, 0.4) is 0 Å². The molecule has 2 unspecified atom stereocenters. The summed E-state index contributed by atoms with van der Waals surface area (Å²) in [5, 5.41) is 0. The summed E-state index contributed by atoms with van der Waals surface area (Å²) in [4.78, 5) is 0. The van der Waals surface area contributed by atoms with Crippen LogP contribution in [0.5, 0.6) is 0 Å². The second-order valence-corrected chi connectivity index (χ2v) is 10.8. The summed E-state index contributed by atoms with van der Waals surface area (Å²) in [7, 11) is 0. The minimum Gasteiger partial charge on any atom is -0.192 e. The quantitative estimate of drug-likeness (QED) is 0.525. The third-order valence-electron chi connectivity index (χ3n) is 9.76. The fourth-order valence-electron chi connectivity index (χ4n) is 6.94. The van der Waals surface area contributed by atoms with Gasteiger partial charge in [0.05, 0.1) is 11.0 Å². The summed E-state index contributed by atoms with van der Waals surface area (Å²) < 4.78 is 2.59. The number of rotatable bonds is 2. The first kappa shape index (κ1) is 18.4. The summed E-state index contributed by atoms with van der Waals surface area (Å²) in [5.41, 5.74) is 8.81. The number of benzene rings is 1. The molecular formula is C27H36N+. The number of nitrogens with zero attached hydrogens (tertiary/aromatic N) is 1. The number of hydrogen-bond donors (Lipinski definition) is 0. The molecule has 0 spiro atoms.